The van der Waals surface area contributed by atoms with Crippen molar-refractivity contribution >= 4 is 22.9 Å². The van der Waals surface area contributed by atoms with Crippen LogP contribution in [-0.2, 0) is 6.42 Å². The molecule has 1 unspecified atom stereocenters. The molecule has 15 heavy (non-hydrogen) atoms. The normalized spacial score (nSPS) is 20.2. The van der Waals surface area contributed by atoms with Crippen LogP contribution in [0.15, 0.2) is 28.2 Å². The Balaban J connectivity index is 2.02. The van der Waals surface area contributed by atoms with Gasteiger partial charge in [0.15, 0.2) is 0 Å². The molecule has 1 atom stereocenters. The van der Waals surface area contributed by atoms with Gasteiger partial charge >= 0.3 is 0 Å². The first kappa shape index (κ1) is 9.46. The van der Waals surface area contributed by atoms with E-state index in [4.69, 9.17) is 16.0 Å². The van der Waals surface area contributed by atoms with Gasteiger partial charge in [-0.1, -0.05) is 11.6 Å². The number of thiophene rings is 1. The molecule has 1 aliphatic rings. The van der Waals surface area contributed by atoms with Crippen molar-refractivity contribution in [3.05, 3.63) is 45.0 Å². The van der Waals surface area contributed by atoms with E-state index in [0.717, 1.165) is 23.7 Å². The van der Waals surface area contributed by atoms with Gasteiger partial charge in [0, 0.05) is 16.8 Å². The van der Waals surface area contributed by atoms with E-state index in [-0.39, 0.29) is 6.04 Å². The monoisotopic (exact) mass is 239 g/mol. The molecule has 3 rings (SSSR count). The van der Waals surface area contributed by atoms with Crippen molar-refractivity contribution in [1.82, 2.24) is 5.32 Å². The van der Waals surface area contributed by atoms with Crippen LogP contribution >= 0.6 is 22.9 Å². The van der Waals surface area contributed by atoms with Gasteiger partial charge < -0.3 is 9.73 Å². The van der Waals surface area contributed by atoms with Gasteiger partial charge in [0.25, 0.3) is 0 Å². The van der Waals surface area contributed by atoms with Gasteiger partial charge in [-0.3, -0.25) is 0 Å². The van der Waals surface area contributed by atoms with E-state index in [0.29, 0.717) is 0 Å². The molecule has 2 nitrogen and oxygen atoms in total. The van der Waals surface area contributed by atoms with Crippen LogP contribution in [0.5, 0.6) is 0 Å². The summed E-state index contributed by atoms with van der Waals surface area (Å²) >= 11 is 7.60. The molecule has 4 heteroatoms. The van der Waals surface area contributed by atoms with Crippen molar-refractivity contribution in [3.8, 4) is 0 Å². The molecule has 0 spiro atoms. The summed E-state index contributed by atoms with van der Waals surface area (Å²) in [5.74, 6) is 1.04. The fraction of sp³-hybridized carbons (Fsp3) is 0.273. The van der Waals surface area contributed by atoms with E-state index in [1.165, 1.54) is 10.4 Å². The van der Waals surface area contributed by atoms with E-state index >= 15 is 0 Å². The predicted molar refractivity (Wildman–Crippen MR) is 61.6 cm³/mol. The van der Waals surface area contributed by atoms with Crippen LogP contribution in [-0.4, -0.2) is 6.54 Å². The Kier molecular flexibility index (Phi) is 2.31. The molecule has 0 amide bonds. The zero-order valence-corrected chi connectivity index (χ0v) is 9.57. The van der Waals surface area contributed by atoms with E-state index in [1.54, 1.807) is 17.6 Å². The van der Waals surface area contributed by atoms with Gasteiger partial charge in [-0.15, -0.1) is 11.3 Å². The average molecular weight is 240 g/mol. The highest BCUT2D eigenvalue weighted by Crippen LogP contribution is 2.33. The lowest BCUT2D eigenvalue weighted by atomic mass is 10.0. The van der Waals surface area contributed by atoms with Gasteiger partial charge in [-0.2, -0.15) is 0 Å². The molecule has 1 aliphatic heterocycles. The van der Waals surface area contributed by atoms with Crippen LogP contribution in [0.1, 0.15) is 22.2 Å². The Morgan fingerprint density at radius 3 is 3.27 bits per heavy atom. The molecule has 0 saturated carbocycles. The zero-order chi connectivity index (χ0) is 10.3. The molecule has 0 bridgehead atoms. The Bertz CT molecular complexity index is 476. The summed E-state index contributed by atoms with van der Waals surface area (Å²) in [6, 6.07) is 4.24. The summed E-state index contributed by atoms with van der Waals surface area (Å²) in [6.07, 6.45) is 2.81. The third kappa shape index (κ3) is 1.61. The molecule has 0 radical (unpaired) electrons. The van der Waals surface area contributed by atoms with Crippen LogP contribution in [0.25, 0.3) is 0 Å². The van der Waals surface area contributed by atoms with Crippen LogP contribution in [0.4, 0.5) is 0 Å². The van der Waals surface area contributed by atoms with E-state index < -0.39 is 0 Å². The molecule has 0 saturated heterocycles. The lowest BCUT2D eigenvalue weighted by Gasteiger charge is -2.21. The molecule has 2 aromatic heterocycles. The van der Waals surface area contributed by atoms with Gasteiger partial charge in [0.1, 0.15) is 11.8 Å². The summed E-state index contributed by atoms with van der Waals surface area (Å²) in [4.78, 5) is 1.22. The minimum Gasteiger partial charge on any atom is -0.467 e. The van der Waals surface area contributed by atoms with Crippen LogP contribution in [0.2, 0.25) is 5.02 Å². The highest BCUT2D eigenvalue weighted by atomic mass is 35.5. The number of furan rings is 1. The van der Waals surface area contributed by atoms with E-state index in [1.807, 2.05) is 11.4 Å². The number of halogens is 1. The lowest BCUT2D eigenvalue weighted by Crippen LogP contribution is -2.28. The second-order valence-corrected chi connectivity index (χ2v) is 4.99. The maximum Gasteiger partial charge on any atom is 0.129 e. The minimum atomic E-state index is 0.182. The highest BCUT2D eigenvalue weighted by molar-refractivity contribution is 7.10. The molecule has 78 valence electrons. The summed E-state index contributed by atoms with van der Waals surface area (Å²) in [5.41, 5.74) is 1.31. The molecular weight excluding hydrogens is 230 g/mol. The Labute approximate surface area is 96.9 Å². The second kappa shape index (κ2) is 3.67. The minimum absolute atomic E-state index is 0.182. The number of hydrogen-bond donors (Lipinski definition) is 1. The number of rotatable bonds is 1. The molecule has 3 heterocycles. The maximum atomic E-state index is 5.93. The van der Waals surface area contributed by atoms with Gasteiger partial charge in [-0.05, 0) is 24.1 Å². The topological polar surface area (TPSA) is 25.2 Å². The largest absolute Gasteiger partial charge is 0.467 e. The van der Waals surface area contributed by atoms with E-state index in [2.05, 4.69) is 11.4 Å². The molecule has 0 aliphatic carbocycles. The molecule has 0 fully saturated rings. The Hall–Kier alpha value is -0.770. The fourth-order valence-corrected chi connectivity index (χ4v) is 3.11. The van der Waals surface area contributed by atoms with Gasteiger partial charge in [0.05, 0.1) is 11.3 Å². The zero-order valence-electron chi connectivity index (χ0n) is 8.00. The van der Waals surface area contributed by atoms with Crippen molar-refractivity contribution in [2.45, 2.75) is 12.5 Å². The first-order valence-electron chi connectivity index (χ1n) is 4.88. The third-order valence-electron chi connectivity index (χ3n) is 2.66. The first-order chi connectivity index (χ1) is 7.34. The number of nitrogens with one attached hydrogen (secondary N) is 1. The first-order valence-corrected chi connectivity index (χ1v) is 6.14. The summed E-state index contributed by atoms with van der Waals surface area (Å²) in [7, 11) is 0. The van der Waals surface area contributed by atoms with Crippen molar-refractivity contribution in [2.75, 3.05) is 6.54 Å². The second-order valence-electron chi connectivity index (χ2n) is 3.61. The van der Waals surface area contributed by atoms with Crippen molar-refractivity contribution < 1.29 is 4.42 Å². The molecule has 2 aromatic rings. The highest BCUT2D eigenvalue weighted by Gasteiger charge is 2.25. The van der Waals surface area contributed by atoms with Crippen LogP contribution in [0, 0.1) is 0 Å². The van der Waals surface area contributed by atoms with Crippen molar-refractivity contribution in [1.29, 1.82) is 0 Å². The number of fused-ring (bicyclic) bond motifs is 1. The van der Waals surface area contributed by atoms with E-state index in [9.17, 15) is 0 Å². The van der Waals surface area contributed by atoms with Crippen molar-refractivity contribution in [3.63, 3.8) is 0 Å². The smallest absolute Gasteiger partial charge is 0.129 e. The van der Waals surface area contributed by atoms with Crippen LogP contribution < -0.4 is 5.32 Å². The Morgan fingerprint density at radius 2 is 2.47 bits per heavy atom. The predicted octanol–water partition coefficient (Wildman–Crippen LogP) is 3.23. The van der Waals surface area contributed by atoms with Crippen LogP contribution in [0.3, 0.4) is 0 Å². The summed E-state index contributed by atoms with van der Waals surface area (Å²) in [6.45, 7) is 0.993. The number of hydrogen-bond acceptors (Lipinski definition) is 3. The van der Waals surface area contributed by atoms with Crippen molar-refractivity contribution in [2.24, 2.45) is 0 Å². The molecule has 1 N–H and O–H groups in total. The quantitative estimate of drug-likeness (QED) is 0.827. The third-order valence-corrected chi connectivity index (χ3v) is 4.00. The Morgan fingerprint density at radius 1 is 1.53 bits per heavy atom. The SMILES string of the molecule is Clc1csc(C2NCCc3ccoc32)c1. The maximum absolute atomic E-state index is 5.93. The standard InChI is InChI=1S/C11H10ClNOS/c12-8-5-9(15-6-8)10-11-7(1-3-13-10)2-4-14-11/h2,4-6,10,13H,1,3H2. The van der Waals surface area contributed by atoms with Gasteiger partial charge in [-0.25, -0.2) is 0 Å². The fourth-order valence-electron chi connectivity index (χ4n) is 1.96. The molecular formula is C11H10ClNOS. The molecule has 0 aromatic carbocycles. The summed E-state index contributed by atoms with van der Waals surface area (Å²) < 4.78 is 5.53. The average Bonchev–Trinajstić information content (AvgIpc) is 2.84. The van der Waals surface area contributed by atoms with Gasteiger partial charge in [0.2, 0.25) is 0 Å². The lowest BCUT2D eigenvalue weighted by molar-refractivity contribution is 0.428. The summed E-state index contributed by atoms with van der Waals surface area (Å²) in [5, 5.41) is 6.20.